The van der Waals surface area contributed by atoms with Crippen molar-refractivity contribution in [1.29, 1.82) is 0 Å². The number of rotatable bonds is 4. The number of hydrogen-bond donors (Lipinski definition) is 0. The summed E-state index contributed by atoms with van der Waals surface area (Å²) in [6.45, 7) is 6.93. The molecule has 0 saturated carbocycles. The summed E-state index contributed by atoms with van der Waals surface area (Å²) >= 11 is 3.32. The number of halogens is 1. The van der Waals surface area contributed by atoms with Crippen molar-refractivity contribution in [3.05, 3.63) is 48.4 Å². The first-order valence-corrected chi connectivity index (χ1v) is 4.41. The van der Waals surface area contributed by atoms with Crippen molar-refractivity contribution in [2.45, 2.75) is 0 Å². The van der Waals surface area contributed by atoms with Gasteiger partial charge in [-0.2, -0.15) is 0 Å². The maximum atomic E-state index is 5.09. The van der Waals surface area contributed by atoms with Gasteiger partial charge in [0.2, 0.25) is 0 Å². The number of ether oxygens (including phenoxy) is 2. The van der Waals surface area contributed by atoms with Gasteiger partial charge < -0.3 is 9.47 Å². The molecule has 0 aliphatic heterocycles. The molecule has 68 valence electrons. The average Bonchev–Trinajstić information content (AvgIpc) is 2.04. The van der Waals surface area contributed by atoms with Crippen LogP contribution >= 0.6 is 15.9 Å². The summed E-state index contributed by atoms with van der Waals surface area (Å²) in [5.74, 6) is 1.34. The van der Waals surface area contributed by atoms with Crippen LogP contribution in [0.3, 0.4) is 0 Å². The molecule has 0 atom stereocenters. The van der Waals surface area contributed by atoms with E-state index in [9.17, 15) is 0 Å². The minimum atomic E-state index is 0.668. The minimum absolute atomic E-state index is 0.668. The molecule has 0 saturated heterocycles. The third-order valence-corrected chi connectivity index (χ3v) is 1.74. The van der Waals surface area contributed by atoms with E-state index >= 15 is 0 Å². The molecular formula is C10H9BrO2. The summed E-state index contributed by atoms with van der Waals surface area (Å²) in [4.78, 5) is 0. The monoisotopic (exact) mass is 240 g/mol. The van der Waals surface area contributed by atoms with Gasteiger partial charge in [-0.05, 0) is 12.1 Å². The molecule has 0 aromatic heterocycles. The molecular weight excluding hydrogens is 232 g/mol. The maximum Gasteiger partial charge on any atom is 0.131 e. The van der Waals surface area contributed by atoms with E-state index in [1.165, 1.54) is 12.5 Å². The van der Waals surface area contributed by atoms with Crippen LogP contribution in [0.5, 0.6) is 11.5 Å². The highest BCUT2D eigenvalue weighted by molar-refractivity contribution is 9.10. The Morgan fingerprint density at radius 2 is 1.46 bits per heavy atom. The molecule has 1 aromatic carbocycles. The Hall–Kier alpha value is -1.22. The highest BCUT2D eigenvalue weighted by atomic mass is 79.9. The van der Waals surface area contributed by atoms with Crippen LogP contribution in [0.4, 0.5) is 0 Å². The van der Waals surface area contributed by atoms with Crippen LogP contribution in [0.15, 0.2) is 48.4 Å². The third-order valence-electron chi connectivity index (χ3n) is 1.28. The predicted molar refractivity (Wildman–Crippen MR) is 55.8 cm³/mol. The lowest BCUT2D eigenvalue weighted by Gasteiger charge is -2.04. The predicted octanol–water partition coefficient (Wildman–Crippen LogP) is 3.49. The second kappa shape index (κ2) is 4.72. The van der Waals surface area contributed by atoms with E-state index in [4.69, 9.17) is 9.47 Å². The van der Waals surface area contributed by atoms with Gasteiger partial charge in [-0.15, -0.1) is 0 Å². The van der Waals surface area contributed by atoms with E-state index in [-0.39, 0.29) is 0 Å². The summed E-state index contributed by atoms with van der Waals surface area (Å²) < 4.78 is 11.1. The van der Waals surface area contributed by atoms with Crippen molar-refractivity contribution in [3.63, 3.8) is 0 Å². The van der Waals surface area contributed by atoms with Crippen LogP contribution in [0, 0.1) is 0 Å². The molecule has 0 amide bonds. The first kappa shape index (κ1) is 9.86. The lowest BCUT2D eigenvalue weighted by Crippen LogP contribution is -1.84. The molecule has 0 aliphatic rings. The van der Waals surface area contributed by atoms with E-state index in [1.807, 2.05) is 12.1 Å². The Balaban J connectivity index is 2.95. The van der Waals surface area contributed by atoms with Gasteiger partial charge in [0.1, 0.15) is 11.5 Å². The summed E-state index contributed by atoms with van der Waals surface area (Å²) in [7, 11) is 0. The van der Waals surface area contributed by atoms with Crippen LogP contribution in [0.25, 0.3) is 0 Å². The van der Waals surface area contributed by atoms with Crippen molar-refractivity contribution in [1.82, 2.24) is 0 Å². The van der Waals surface area contributed by atoms with E-state index in [2.05, 4.69) is 29.1 Å². The van der Waals surface area contributed by atoms with Crippen LogP contribution in [-0.2, 0) is 0 Å². The quantitative estimate of drug-likeness (QED) is 0.751. The lowest BCUT2D eigenvalue weighted by molar-refractivity contribution is 0.460. The molecule has 1 aromatic rings. The second-order valence-electron chi connectivity index (χ2n) is 2.19. The van der Waals surface area contributed by atoms with Crippen LogP contribution in [0.2, 0.25) is 0 Å². The highest BCUT2D eigenvalue weighted by Gasteiger charge is 1.99. The van der Waals surface area contributed by atoms with Crippen molar-refractivity contribution >= 4 is 15.9 Å². The van der Waals surface area contributed by atoms with Gasteiger partial charge in [0.25, 0.3) is 0 Å². The van der Waals surface area contributed by atoms with Crippen molar-refractivity contribution in [2.24, 2.45) is 0 Å². The van der Waals surface area contributed by atoms with Gasteiger partial charge in [-0.1, -0.05) is 29.1 Å². The first-order chi connectivity index (χ1) is 6.26. The van der Waals surface area contributed by atoms with E-state index in [0.29, 0.717) is 11.5 Å². The molecule has 0 unspecified atom stereocenters. The molecule has 3 heteroatoms. The Kier molecular flexibility index (Phi) is 3.58. The molecule has 0 heterocycles. The van der Waals surface area contributed by atoms with Gasteiger partial charge in [-0.25, -0.2) is 0 Å². The average molecular weight is 241 g/mol. The molecule has 1 rings (SSSR count). The zero-order chi connectivity index (χ0) is 9.68. The van der Waals surface area contributed by atoms with E-state index < -0.39 is 0 Å². The topological polar surface area (TPSA) is 18.5 Å². The Bertz CT molecular complexity index is 292. The summed E-state index contributed by atoms with van der Waals surface area (Å²) in [5, 5.41) is 0. The van der Waals surface area contributed by atoms with Crippen LogP contribution < -0.4 is 9.47 Å². The number of hydrogen-bond acceptors (Lipinski definition) is 2. The lowest BCUT2D eigenvalue weighted by atomic mass is 10.3. The molecule has 0 aliphatic carbocycles. The molecule has 0 fully saturated rings. The Morgan fingerprint density at radius 1 is 1.00 bits per heavy atom. The van der Waals surface area contributed by atoms with E-state index in [0.717, 1.165) is 4.47 Å². The highest BCUT2D eigenvalue weighted by Crippen LogP contribution is 2.26. The molecule has 13 heavy (non-hydrogen) atoms. The van der Waals surface area contributed by atoms with Crippen molar-refractivity contribution < 1.29 is 9.47 Å². The fourth-order valence-electron chi connectivity index (χ4n) is 0.866. The minimum Gasteiger partial charge on any atom is -0.465 e. The van der Waals surface area contributed by atoms with Gasteiger partial charge in [0, 0.05) is 10.5 Å². The van der Waals surface area contributed by atoms with Crippen LogP contribution in [-0.4, -0.2) is 0 Å². The molecule has 0 radical (unpaired) electrons. The summed E-state index contributed by atoms with van der Waals surface area (Å²) in [5.41, 5.74) is 0. The second-order valence-corrected chi connectivity index (χ2v) is 3.11. The van der Waals surface area contributed by atoms with Crippen molar-refractivity contribution in [2.75, 3.05) is 0 Å². The molecule has 0 bridgehead atoms. The van der Waals surface area contributed by atoms with Gasteiger partial charge in [-0.3, -0.25) is 0 Å². The Labute approximate surface area is 85.6 Å². The number of benzene rings is 1. The fraction of sp³-hybridized carbons (Fsp3) is 0. The molecule has 0 spiro atoms. The van der Waals surface area contributed by atoms with Crippen molar-refractivity contribution in [3.8, 4) is 11.5 Å². The molecule has 2 nitrogen and oxygen atoms in total. The smallest absolute Gasteiger partial charge is 0.131 e. The van der Waals surface area contributed by atoms with Gasteiger partial charge in [0.05, 0.1) is 12.5 Å². The standard InChI is InChI=1S/C10H9BrO2/c1-3-12-9-5-8(11)6-10(7-9)13-4-2/h3-7H,1-2H2. The van der Waals surface area contributed by atoms with E-state index in [1.54, 1.807) is 6.07 Å². The fourth-order valence-corrected chi connectivity index (χ4v) is 1.32. The third kappa shape index (κ3) is 2.95. The normalized spacial score (nSPS) is 9.00. The van der Waals surface area contributed by atoms with Gasteiger partial charge >= 0.3 is 0 Å². The zero-order valence-electron chi connectivity index (χ0n) is 7.00. The van der Waals surface area contributed by atoms with Crippen LogP contribution in [0.1, 0.15) is 0 Å². The van der Waals surface area contributed by atoms with Gasteiger partial charge in [0.15, 0.2) is 0 Å². The maximum absolute atomic E-state index is 5.09. The molecule has 0 N–H and O–H groups in total. The summed E-state index contributed by atoms with van der Waals surface area (Å²) in [6.07, 6.45) is 2.72. The summed E-state index contributed by atoms with van der Waals surface area (Å²) in [6, 6.07) is 5.38. The zero-order valence-corrected chi connectivity index (χ0v) is 8.58. The largest absolute Gasteiger partial charge is 0.465 e. The first-order valence-electron chi connectivity index (χ1n) is 3.62. The Morgan fingerprint density at radius 3 is 1.85 bits per heavy atom. The SMILES string of the molecule is C=COc1cc(Br)cc(OC=C)c1.